The van der Waals surface area contributed by atoms with Crippen molar-refractivity contribution in [1.82, 2.24) is 0 Å². The molecule has 1 atom stereocenters. The molecule has 1 unspecified atom stereocenters. The number of rotatable bonds is 15. The van der Waals surface area contributed by atoms with Crippen LogP contribution in [0.5, 0.6) is 0 Å². The van der Waals surface area contributed by atoms with Crippen molar-refractivity contribution in [2.45, 2.75) is 109 Å². The third-order valence-electron chi connectivity index (χ3n) is 5.32. The fourth-order valence-electron chi connectivity index (χ4n) is 2.48. The lowest BCUT2D eigenvalue weighted by Gasteiger charge is -2.36. The molecule has 0 saturated heterocycles. The SMILES string of the molecule is COC(CCCCCCCCCCCO[Si](C)(C)C(C)(C)C)N=[N+]=[N-]. The molecule has 0 N–H and O–H groups in total. The van der Waals surface area contributed by atoms with Crippen LogP contribution in [0.2, 0.25) is 18.1 Å². The minimum Gasteiger partial charge on any atom is -0.417 e. The van der Waals surface area contributed by atoms with Crippen molar-refractivity contribution in [2.24, 2.45) is 5.11 Å². The van der Waals surface area contributed by atoms with Gasteiger partial charge in [0.15, 0.2) is 8.32 Å². The molecule has 6 heteroatoms. The first kappa shape index (κ1) is 24.4. The maximum Gasteiger partial charge on any atom is 0.191 e. The van der Waals surface area contributed by atoms with Crippen LogP contribution >= 0.6 is 0 Å². The fraction of sp³-hybridized carbons (Fsp3) is 1.00. The van der Waals surface area contributed by atoms with Gasteiger partial charge in [-0.2, -0.15) is 0 Å². The van der Waals surface area contributed by atoms with E-state index in [2.05, 4.69) is 43.9 Å². The average molecular weight is 372 g/mol. The van der Waals surface area contributed by atoms with Crippen LogP contribution in [0.1, 0.15) is 85.0 Å². The Bertz CT molecular complexity index is 377. The Morgan fingerprint density at radius 3 is 1.84 bits per heavy atom. The Kier molecular flexibility index (Phi) is 13.3. The van der Waals surface area contributed by atoms with Gasteiger partial charge in [-0.05, 0) is 36.5 Å². The summed E-state index contributed by atoms with van der Waals surface area (Å²) >= 11 is 0. The summed E-state index contributed by atoms with van der Waals surface area (Å²) in [7, 11) is 0.0432. The predicted octanol–water partition coefficient (Wildman–Crippen LogP) is 7.19. The Morgan fingerprint density at radius 1 is 0.920 bits per heavy atom. The first-order valence-electron chi connectivity index (χ1n) is 9.95. The predicted molar refractivity (Wildman–Crippen MR) is 109 cm³/mol. The summed E-state index contributed by atoms with van der Waals surface area (Å²) < 4.78 is 11.3. The number of azide groups is 1. The Balaban J connectivity index is 3.41. The second-order valence-electron chi connectivity index (χ2n) is 8.47. The lowest BCUT2D eigenvalue weighted by Crippen LogP contribution is -2.40. The number of hydrogen-bond donors (Lipinski definition) is 0. The summed E-state index contributed by atoms with van der Waals surface area (Å²) in [4.78, 5) is 2.80. The van der Waals surface area contributed by atoms with Crippen molar-refractivity contribution in [3.05, 3.63) is 10.4 Å². The van der Waals surface area contributed by atoms with E-state index in [1.165, 1.54) is 51.4 Å². The van der Waals surface area contributed by atoms with Crippen molar-refractivity contribution in [3.8, 4) is 0 Å². The summed E-state index contributed by atoms with van der Waals surface area (Å²) in [6, 6.07) is 0. The van der Waals surface area contributed by atoms with E-state index in [0.29, 0.717) is 5.04 Å². The molecule has 0 aromatic rings. The van der Waals surface area contributed by atoms with Crippen LogP contribution in [-0.4, -0.2) is 28.3 Å². The number of unbranched alkanes of at least 4 members (excludes halogenated alkanes) is 8. The molecule has 0 radical (unpaired) electrons. The number of nitrogens with zero attached hydrogens (tertiary/aromatic N) is 3. The van der Waals surface area contributed by atoms with Crippen LogP contribution in [0.25, 0.3) is 10.4 Å². The molecule has 0 bridgehead atoms. The summed E-state index contributed by atoms with van der Waals surface area (Å²) in [6.07, 6.45) is 11.8. The fourth-order valence-corrected chi connectivity index (χ4v) is 3.57. The number of hydrogen-bond acceptors (Lipinski definition) is 3. The molecule has 148 valence electrons. The van der Waals surface area contributed by atoms with Gasteiger partial charge in [0.25, 0.3) is 0 Å². The van der Waals surface area contributed by atoms with Crippen molar-refractivity contribution < 1.29 is 9.16 Å². The van der Waals surface area contributed by atoms with E-state index in [4.69, 9.17) is 14.7 Å². The first-order chi connectivity index (χ1) is 11.7. The minimum atomic E-state index is -1.55. The van der Waals surface area contributed by atoms with E-state index < -0.39 is 8.32 Å². The highest BCUT2D eigenvalue weighted by Crippen LogP contribution is 2.36. The maximum absolute atomic E-state index is 8.39. The van der Waals surface area contributed by atoms with Gasteiger partial charge in [-0.15, -0.1) is 0 Å². The van der Waals surface area contributed by atoms with E-state index >= 15 is 0 Å². The molecule has 0 saturated carbocycles. The zero-order chi connectivity index (χ0) is 19.2. The van der Waals surface area contributed by atoms with E-state index in [9.17, 15) is 0 Å². The standard InChI is InChI=1S/C19H41N3O2Si/c1-19(2,3)25(5,6)24-17-15-13-11-9-7-8-10-12-14-16-18(23-4)21-22-20/h18H,7-17H2,1-6H3. The molecule has 25 heavy (non-hydrogen) atoms. The number of methoxy groups -OCH3 is 1. The highest BCUT2D eigenvalue weighted by Gasteiger charge is 2.36. The highest BCUT2D eigenvalue weighted by atomic mass is 28.4. The molecular weight excluding hydrogens is 330 g/mol. The molecule has 0 spiro atoms. The van der Waals surface area contributed by atoms with Crippen LogP contribution in [-0.2, 0) is 9.16 Å². The van der Waals surface area contributed by atoms with Gasteiger partial charge < -0.3 is 9.16 Å². The van der Waals surface area contributed by atoms with Gasteiger partial charge in [-0.1, -0.05) is 77.3 Å². The molecule has 0 aromatic carbocycles. The molecule has 0 heterocycles. The van der Waals surface area contributed by atoms with E-state index in [1.54, 1.807) is 7.11 Å². The van der Waals surface area contributed by atoms with Crippen LogP contribution in [0.3, 0.4) is 0 Å². The van der Waals surface area contributed by atoms with Gasteiger partial charge in [0.05, 0.1) is 0 Å². The van der Waals surface area contributed by atoms with Crippen molar-refractivity contribution >= 4 is 8.32 Å². The van der Waals surface area contributed by atoms with E-state index in [1.807, 2.05) is 0 Å². The van der Waals surface area contributed by atoms with Crippen LogP contribution in [0.15, 0.2) is 5.11 Å². The molecule has 0 aliphatic carbocycles. The number of ether oxygens (including phenoxy) is 1. The molecular formula is C19H41N3O2Si. The van der Waals surface area contributed by atoms with Gasteiger partial charge in [0, 0.05) is 18.6 Å². The molecule has 0 aliphatic rings. The maximum atomic E-state index is 8.39. The largest absolute Gasteiger partial charge is 0.417 e. The van der Waals surface area contributed by atoms with E-state index in [-0.39, 0.29) is 6.23 Å². The van der Waals surface area contributed by atoms with Crippen molar-refractivity contribution in [3.63, 3.8) is 0 Å². The average Bonchev–Trinajstić information content (AvgIpc) is 2.53. The quantitative estimate of drug-likeness (QED) is 0.100. The van der Waals surface area contributed by atoms with Crippen LogP contribution in [0, 0.1) is 0 Å². The van der Waals surface area contributed by atoms with Gasteiger partial charge in [-0.3, -0.25) is 0 Å². The van der Waals surface area contributed by atoms with Crippen LogP contribution < -0.4 is 0 Å². The summed E-state index contributed by atoms with van der Waals surface area (Å²) in [5.41, 5.74) is 8.39. The Hall–Kier alpha value is -0.553. The third kappa shape index (κ3) is 12.4. The Morgan fingerprint density at radius 2 is 1.40 bits per heavy atom. The third-order valence-corrected chi connectivity index (χ3v) is 9.86. The highest BCUT2D eigenvalue weighted by molar-refractivity contribution is 6.74. The topological polar surface area (TPSA) is 67.2 Å². The monoisotopic (exact) mass is 371 g/mol. The van der Waals surface area contributed by atoms with Crippen LogP contribution in [0.4, 0.5) is 0 Å². The normalized spacial score (nSPS) is 13.5. The van der Waals surface area contributed by atoms with Gasteiger partial charge in [-0.25, -0.2) is 0 Å². The summed E-state index contributed by atoms with van der Waals surface area (Å²) in [5, 5.41) is 3.92. The lowest BCUT2D eigenvalue weighted by molar-refractivity contribution is 0.0986. The molecule has 5 nitrogen and oxygen atoms in total. The lowest BCUT2D eigenvalue weighted by atomic mass is 10.1. The van der Waals surface area contributed by atoms with Gasteiger partial charge in [0.1, 0.15) is 6.23 Å². The summed E-state index contributed by atoms with van der Waals surface area (Å²) in [5.74, 6) is 0. The molecule has 0 aliphatic heterocycles. The van der Waals surface area contributed by atoms with Gasteiger partial charge in [0.2, 0.25) is 0 Å². The van der Waals surface area contributed by atoms with Crippen molar-refractivity contribution in [1.29, 1.82) is 0 Å². The van der Waals surface area contributed by atoms with Gasteiger partial charge >= 0.3 is 0 Å². The molecule has 0 rings (SSSR count). The first-order valence-corrected chi connectivity index (χ1v) is 12.9. The minimum absolute atomic E-state index is 0.293. The zero-order valence-corrected chi connectivity index (χ0v) is 18.5. The smallest absolute Gasteiger partial charge is 0.191 e. The molecule has 0 fully saturated rings. The zero-order valence-electron chi connectivity index (χ0n) is 17.5. The molecule has 0 aromatic heterocycles. The van der Waals surface area contributed by atoms with E-state index in [0.717, 1.165) is 19.4 Å². The second-order valence-corrected chi connectivity index (χ2v) is 13.3. The second kappa shape index (κ2) is 13.6. The summed E-state index contributed by atoms with van der Waals surface area (Å²) in [6.45, 7) is 12.5. The van der Waals surface area contributed by atoms with Crippen molar-refractivity contribution in [2.75, 3.05) is 13.7 Å². The molecule has 0 amide bonds. The Labute approximate surface area is 156 Å².